The minimum Gasteiger partial charge on any atom is -0.497 e. The van der Waals surface area contributed by atoms with Gasteiger partial charge in [-0.1, -0.05) is 0 Å². The number of anilines is 1. The molecule has 1 aromatic carbocycles. The van der Waals surface area contributed by atoms with Crippen LogP contribution in [0.4, 0.5) is 5.69 Å². The summed E-state index contributed by atoms with van der Waals surface area (Å²) in [6.07, 6.45) is 1.43. The van der Waals surface area contributed by atoms with E-state index in [0.717, 1.165) is 10.6 Å². The monoisotopic (exact) mass is 237 g/mol. The average molecular weight is 237 g/mol. The van der Waals surface area contributed by atoms with Crippen molar-refractivity contribution in [2.45, 2.75) is 10.1 Å². The van der Waals surface area contributed by atoms with Gasteiger partial charge in [-0.25, -0.2) is 4.68 Å². The van der Waals surface area contributed by atoms with Crippen LogP contribution in [0.15, 0.2) is 34.6 Å². The van der Waals surface area contributed by atoms with Gasteiger partial charge in [0.25, 0.3) is 0 Å². The fourth-order valence-corrected chi connectivity index (χ4v) is 1.90. The molecule has 0 aliphatic heterocycles. The predicted molar refractivity (Wildman–Crippen MR) is 61.7 cm³/mol. The molecule has 6 nitrogen and oxygen atoms in total. The third-order valence-corrected chi connectivity index (χ3v) is 3.03. The largest absolute Gasteiger partial charge is 0.497 e. The Balaban J connectivity index is 2.25. The lowest BCUT2D eigenvalue weighted by molar-refractivity contribution is 0.415. The first kappa shape index (κ1) is 10.6. The highest BCUT2D eigenvalue weighted by atomic mass is 32.2. The van der Waals surface area contributed by atoms with Gasteiger partial charge in [0.2, 0.25) is 5.16 Å². The van der Waals surface area contributed by atoms with Crippen molar-refractivity contribution in [2.24, 2.45) is 0 Å². The highest BCUT2D eigenvalue weighted by molar-refractivity contribution is 7.99. The van der Waals surface area contributed by atoms with Crippen molar-refractivity contribution in [3.63, 3.8) is 0 Å². The summed E-state index contributed by atoms with van der Waals surface area (Å²) in [5.41, 5.74) is 6.48. The van der Waals surface area contributed by atoms with Crippen molar-refractivity contribution in [3.05, 3.63) is 24.5 Å². The third kappa shape index (κ3) is 2.03. The van der Waals surface area contributed by atoms with Crippen LogP contribution >= 0.6 is 11.8 Å². The maximum Gasteiger partial charge on any atom is 0.214 e. The number of aromatic nitrogens is 3. The maximum atomic E-state index is 5.86. The molecular formula is C9H11N5OS. The van der Waals surface area contributed by atoms with Gasteiger partial charge in [-0.05, 0) is 23.9 Å². The Labute approximate surface area is 96.6 Å². The van der Waals surface area contributed by atoms with Gasteiger partial charge in [-0.2, -0.15) is 0 Å². The molecule has 0 spiro atoms. The van der Waals surface area contributed by atoms with E-state index in [-0.39, 0.29) is 0 Å². The van der Waals surface area contributed by atoms with E-state index in [1.165, 1.54) is 22.8 Å². The second kappa shape index (κ2) is 4.31. The zero-order valence-corrected chi connectivity index (χ0v) is 9.44. The van der Waals surface area contributed by atoms with E-state index in [0.29, 0.717) is 10.8 Å². The van der Waals surface area contributed by atoms with Crippen LogP contribution in [-0.2, 0) is 0 Å². The zero-order chi connectivity index (χ0) is 11.5. The van der Waals surface area contributed by atoms with Crippen molar-refractivity contribution in [1.82, 2.24) is 14.9 Å². The Bertz CT molecular complexity index is 498. The Morgan fingerprint density at radius 2 is 2.25 bits per heavy atom. The summed E-state index contributed by atoms with van der Waals surface area (Å²) in [7, 11) is 1.60. The number of methoxy groups -OCH3 is 1. The summed E-state index contributed by atoms with van der Waals surface area (Å²) in [4.78, 5) is 0.862. The molecule has 7 heteroatoms. The van der Waals surface area contributed by atoms with Crippen LogP contribution in [0.3, 0.4) is 0 Å². The molecule has 1 aromatic heterocycles. The number of nitrogens with zero attached hydrogens (tertiary/aromatic N) is 3. The van der Waals surface area contributed by atoms with Gasteiger partial charge in [-0.15, -0.1) is 10.2 Å². The second-order valence-corrected chi connectivity index (χ2v) is 4.04. The van der Waals surface area contributed by atoms with Crippen LogP contribution in [0.5, 0.6) is 5.75 Å². The summed E-state index contributed by atoms with van der Waals surface area (Å²) in [5.74, 6) is 6.32. The minimum atomic E-state index is 0.580. The van der Waals surface area contributed by atoms with Gasteiger partial charge in [-0.3, -0.25) is 0 Å². The quantitative estimate of drug-likeness (QED) is 0.604. The topological polar surface area (TPSA) is 92.0 Å². The second-order valence-electron chi connectivity index (χ2n) is 3.03. The molecule has 0 aliphatic carbocycles. The highest BCUT2D eigenvalue weighted by Gasteiger charge is 2.07. The van der Waals surface area contributed by atoms with Crippen LogP contribution in [0.1, 0.15) is 0 Å². The van der Waals surface area contributed by atoms with Gasteiger partial charge in [0.15, 0.2) is 0 Å². The molecule has 0 unspecified atom stereocenters. The molecule has 1 heterocycles. The van der Waals surface area contributed by atoms with Crippen molar-refractivity contribution in [3.8, 4) is 5.75 Å². The number of benzene rings is 1. The number of nitrogen functional groups attached to an aromatic ring is 2. The normalized spacial score (nSPS) is 10.3. The van der Waals surface area contributed by atoms with E-state index in [1.54, 1.807) is 13.2 Å². The Hall–Kier alpha value is -1.89. The number of rotatable bonds is 3. The summed E-state index contributed by atoms with van der Waals surface area (Å²) in [6.45, 7) is 0. The third-order valence-electron chi connectivity index (χ3n) is 1.96. The Morgan fingerprint density at radius 3 is 2.81 bits per heavy atom. The molecule has 2 rings (SSSR count). The molecule has 0 radical (unpaired) electrons. The van der Waals surface area contributed by atoms with Crippen LogP contribution < -0.4 is 16.3 Å². The fourth-order valence-electron chi connectivity index (χ4n) is 1.15. The molecule has 0 atom stereocenters. The van der Waals surface area contributed by atoms with E-state index >= 15 is 0 Å². The lowest BCUT2D eigenvalue weighted by Crippen LogP contribution is -2.07. The van der Waals surface area contributed by atoms with E-state index in [4.69, 9.17) is 16.3 Å². The summed E-state index contributed by atoms with van der Waals surface area (Å²) in [5, 5.41) is 8.12. The Morgan fingerprint density at radius 1 is 1.44 bits per heavy atom. The average Bonchev–Trinajstić information content (AvgIpc) is 2.67. The molecule has 0 fully saturated rings. The molecule has 0 bridgehead atoms. The van der Waals surface area contributed by atoms with E-state index in [9.17, 15) is 0 Å². The molecule has 0 saturated heterocycles. The first-order valence-electron chi connectivity index (χ1n) is 4.47. The number of hydrogen-bond acceptors (Lipinski definition) is 6. The summed E-state index contributed by atoms with van der Waals surface area (Å²) < 4.78 is 6.40. The van der Waals surface area contributed by atoms with Gasteiger partial charge in [0, 0.05) is 16.6 Å². The summed E-state index contributed by atoms with van der Waals surface area (Å²) >= 11 is 1.35. The number of hydrogen-bond donors (Lipinski definition) is 2. The predicted octanol–water partition coefficient (Wildman–Crippen LogP) is 0.734. The maximum absolute atomic E-state index is 5.86. The SMILES string of the molecule is COc1ccc(Sc2nncn2N)c(N)c1. The first-order chi connectivity index (χ1) is 7.70. The van der Waals surface area contributed by atoms with Crippen LogP contribution in [0, 0.1) is 0 Å². The standard InChI is InChI=1S/C9H11N5OS/c1-15-6-2-3-8(7(10)4-6)16-9-13-12-5-14(9)11/h2-5H,10-11H2,1H3. The minimum absolute atomic E-state index is 0.580. The molecule has 16 heavy (non-hydrogen) atoms. The van der Waals surface area contributed by atoms with Crippen molar-refractivity contribution in [2.75, 3.05) is 18.7 Å². The summed E-state index contributed by atoms with van der Waals surface area (Å²) in [6, 6.07) is 5.43. The van der Waals surface area contributed by atoms with Gasteiger partial charge >= 0.3 is 0 Å². The molecule has 84 valence electrons. The smallest absolute Gasteiger partial charge is 0.214 e. The lowest BCUT2D eigenvalue weighted by Gasteiger charge is -2.06. The molecule has 0 aliphatic rings. The molecular weight excluding hydrogens is 226 g/mol. The fraction of sp³-hybridized carbons (Fsp3) is 0.111. The number of nitrogens with two attached hydrogens (primary N) is 2. The van der Waals surface area contributed by atoms with Crippen molar-refractivity contribution in [1.29, 1.82) is 0 Å². The lowest BCUT2D eigenvalue weighted by atomic mass is 10.3. The Kier molecular flexibility index (Phi) is 2.86. The molecule has 4 N–H and O–H groups in total. The van der Waals surface area contributed by atoms with E-state index in [1.807, 2.05) is 12.1 Å². The van der Waals surface area contributed by atoms with Crippen molar-refractivity contribution >= 4 is 17.4 Å². The zero-order valence-electron chi connectivity index (χ0n) is 8.62. The van der Waals surface area contributed by atoms with Crippen LogP contribution in [0.25, 0.3) is 0 Å². The van der Waals surface area contributed by atoms with Gasteiger partial charge < -0.3 is 16.3 Å². The van der Waals surface area contributed by atoms with Gasteiger partial charge in [0.05, 0.1) is 7.11 Å². The number of ether oxygens (including phenoxy) is 1. The first-order valence-corrected chi connectivity index (χ1v) is 5.29. The highest BCUT2D eigenvalue weighted by Crippen LogP contribution is 2.32. The van der Waals surface area contributed by atoms with Crippen molar-refractivity contribution < 1.29 is 4.74 Å². The van der Waals surface area contributed by atoms with E-state index in [2.05, 4.69) is 10.2 Å². The molecule has 0 saturated carbocycles. The van der Waals surface area contributed by atoms with Gasteiger partial charge in [0.1, 0.15) is 12.1 Å². The van der Waals surface area contributed by atoms with E-state index < -0.39 is 0 Å². The van der Waals surface area contributed by atoms with Crippen LogP contribution in [-0.4, -0.2) is 22.0 Å². The van der Waals surface area contributed by atoms with Crippen LogP contribution in [0.2, 0.25) is 0 Å². The molecule has 0 amide bonds. The molecule has 2 aromatic rings.